The van der Waals surface area contributed by atoms with Crippen molar-refractivity contribution < 1.29 is 14.3 Å². The number of hydrogen-bond donors (Lipinski definition) is 3. The van der Waals surface area contributed by atoms with Gasteiger partial charge in [0.25, 0.3) is 5.56 Å². The Morgan fingerprint density at radius 3 is 2.74 bits per heavy atom. The molecule has 1 saturated carbocycles. The van der Waals surface area contributed by atoms with Crippen molar-refractivity contribution in [3.05, 3.63) is 58.3 Å². The summed E-state index contributed by atoms with van der Waals surface area (Å²) in [5, 5.41) is 16.7. The zero-order valence-electron chi connectivity index (χ0n) is 17.4. The van der Waals surface area contributed by atoms with E-state index in [1.807, 2.05) is 6.07 Å². The van der Waals surface area contributed by atoms with Crippen LogP contribution in [0.4, 0.5) is 4.39 Å². The van der Waals surface area contributed by atoms with Crippen LogP contribution in [0, 0.1) is 17.7 Å². The minimum atomic E-state index is -0.464. The molecular weight excluding hydrogens is 397 g/mol. The summed E-state index contributed by atoms with van der Waals surface area (Å²) in [6, 6.07) is 9.24. The maximum absolute atomic E-state index is 13.6. The van der Waals surface area contributed by atoms with Gasteiger partial charge in [0, 0.05) is 42.3 Å². The van der Waals surface area contributed by atoms with Crippen LogP contribution in [0.15, 0.2) is 41.2 Å². The summed E-state index contributed by atoms with van der Waals surface area (Å²) in [4.78, 5) is 26.1. The average molecular weight is 426 g/mol. The topological polar surface area (TPSA) is 83.4 Å². The van der Waals surface area contributed by atoms with E-state index in [-0.39, 0.29) is 47.8 Å². The number of hydrogen-bond acceptors (Lipinski definition) is 4. The molecule has 2 fully saturated rings. The van der Waals surface area contributed by atoms with Gasteiger partial charge in [-0.2, -0.15) is 0 Å². The highest BCUT2D eigenvalue weighted by molar-refractivity contribution is 5.83. The number of aromatic nitrogens is 1. The zero-order chi connectivity index (χ0) is 21.5. The molecule has 1 saturated heterocycles. The Labute approximate surface area is 180 Å². The molecule has 3 N–H and O–H groups in total. The maximum atomic E-state index is 13.6. The fourth-order valence-electron chi connectivity index (χ4n) is 5.67. The number of aliphatic hydroxyl groups excluding tert-OH is 1. The molecule has 3 heterocycles. The van der Waals surface area contributed by atoms with Crippen molar-refractivity contribution in [2.45, 2.75) is 56.8 Å². The first-order valence-electron chi connectivity index (χ1n) is 11.2. The monoisotopic (exact) mass is 425 g/mol. The van der Waals surface area contributed by atoms with Gasteiger partial charge in [-0.25, -0.2) is 4.39 Å². The molecular formula is C24H28FN3O3. The molecule has 0 unspecified atom stereocenters. The molecule has 3 aliphatic rings. The standard InChI is InChI=1S/C24H28FN3O3/c25-15-6-4-5-14(11-15)17-9-10-20-21-18(12-28(20)24(17)31)19(13-29)22(27-21)23(30)26-16-7-2-1-3-8-16/h4-6,9-11,16,18-19,21-22,27,29H,1-3,7-8,12-13H2,(H,26,30)/t18-,19-,21+,22-/m0/s1. The van der Waals surface area contributed by atoms with Gasteiger partial charge in [0.1, 0.15) is 5.82 Å². The van der Waals surface area contributed by atoms with E-state index in [4.69, 9.17) is 0 Å². The molecule has 0 spiro atoms. The van der Waals surface area contributed by atoms with E-state index in [1.54, 1.807) is 22.8 Å². The van der Waals surface area contributed by atoms with Gasteiger partial charge in [-0.1, -0.05) is 31.4 Å². The van der Waals surface area contributed by atoms with Crippen molar-refractivity contribution in [3.8, 4) is 11.1 Å². The summed E-state index contributed by atoms with van der Waals surface area (Å²) in [7, 11) is 0. The number of carbonyl (C=O) groups excluding carboxylic acids is 1. The molecule has 31 heavy (non-hydrogen) atoms. The number of rotatable bonds is 4. The van der Waals surface area contributed by atoms with Crippen LogP contribution >= 0.6 is 0 Å². The number of nitrogens with one attached hydrogen (secondary N) is 2. The van der Waals surface area contributed by atoms with Crippen LogP contribution < -0.4 is 16.2 Å². The lowest BCUT2D eigenvalue weighted by atomic mass is 9.87. The number of amides is 1. The summed E-state index contributed by atoms with van der Waals surface area (Å²) < 4.78 is 15.4. The fourth-order valence-corrected chi connectivity index (χ4v) is 5.67. The number of halogens is 1. The van der Waals surface area contributed by atoms with Gasteiger partial charge < -0.3 is 15.0 Å². The fraction of sp³-hybridized carbons (Fsp3) is 0.500. The van der Waals surface area contributed by atoms with E-state index in [9.17, 15) is 19.1 Å². The largest absolute Gasteiger partial charge is 0.396 e. The highest BCUT2D eigenvalue weighted by Crippen LogP contribution is 2.43. The van der Waals surface area contributed by atoms with Crippen LogP contribution in [-0.2, 0) is 11.3 Å². The molecule has 1 aliphatic carbocycles. The first-order chi connectivity index (χ1) is 15.1. The number of pyridine rings is 1. The number of fused-ring (bicyclic) bond motifs is 3. The van der Waals surface area contributed by atoms with Crippen LogP contribution in [-0.4, -0.2) is 34.3 Å². The Kier molecular flexibility index (Phi) is 5.40. The molecule has 1 aromatic heterocycles. The predicted molar refractivity (Wildman–Crippen MR) is 115 cm³/mol. The summed E-state index contributed by atoms with van der Waals surface area (Å²) in [5.41, 5.74) is 1.66. The maximum Gasteiger partial charge on any atom is 0.258 e. The molecule has 2 aromatic rings. The van der Waals surface area contributed by atoms with Gasteiger partial charge in [-0.05, 0) is 42.7 Å². The Morgan fingerprint density at radius 2 is 2.00 bits per heavy atom. The van der Waals surface area contributed by atoms with E-state index in [2.05, 4.69) is 10.6 Å². The first kappa shape index (κ1) is 20.4. The highest BCUT2D eigenvalue weighted by atomic mass is 19.1. The molecule has 1 amide bonds. The van der Waals surface area contributed by atoms with E-state index in [0.29, 0.717) is 17.7 Å². The summed E-state index contributed by atoms with van der Waals surface area (Å²) >= 11 is 0. The Morgan fingerprint density at radius 1 is 1.19 bits per heavy atom. The lowest BCUT2D eigenvalue weighted by Crippen LogP contribution is -2.49. The summed E-state index contributed by atoms with van der Waals surface area (Å²) in [5.74, 6) is -0.730. The van der Waals surface area contributed by atoms with Gasteiger partial charge in [-0.15, -0.1) is 0 Å². The van der Waals surface area contributed by atoms with Crippen molar-refractivity contribution in [1.82, 2.24) is 15.2 Å². The van der Waals surface area contributed by atoms with Gasteiger partial charge in [0.05, 0.1) is 12.1 Å². The van der Waals surface area contributed by atoms with Crippen molar-refractivity contribution in [3.63, 3.8) is 0 Å². The lowest BCUT2D eigenvalue weighted by molar-refractivity contribution is -0.125. The SMILES string of the molecule is O=C(NC1CCCCC1)[C@H]1N[C@H]2c3ccc(-c4cccc(F)c4)c(=O)n3C[C@H]2[C@@H]1CO. The molecule has 4 atom stereocenters. The Balaban J connectivity index is 1.39. The highest BCUT2D eigenvalue weighted by Gasteiger charge is 2.50. The van der Waals surface area contributed by atoms with E-state index in [0.717, 1.165) is 31.4 Å². The molecule has 2 aliphatic heterocycles. The van der Waals surface area contributed by atoms with Crippen LogP contribution in [0.3, 0.4) is 0 Å². The quantitative estimate of drug-likeness (QED) is 0.702. The number of aliphatic hydroxyl groups is 1. The lowest BCUT2D eigenvalue weighted by Gasteiger charge is -2.27. The van der Waals surface area contributed by atoms with Crippen molar-refractivity contribution >= 4 is 5.91 Å². The molecule has 6 nitrogen and oxygen atoms in total. The van der Waals surface area contributed by atoms with E-state index >= 15 is 0 Å². The third-order valence-electron chi connectivity index (χ3n) is 7.27. The molecule has 1 aromatic carbocycles. The van der Waals surface area contributed by atoms with Gasteiger partial charge in [-0.3, -0.25) is 14.9 Å². The minimum Gasteiger partial charge on any atom is -0.396 e. The van der Waals surface area contributed by atoms with Crippen molar-refractivity contribution in [2.75, 3.05) is 6.61 Å². The Hall–Kier alpha value is -2.51. The van der Waals surface area contributed by atoms with Gasteiger partial charge in [0.15, 0.2) is 0 Å². The van der Waals surface area contributed by atoms with Crippen LogP contribution in [0.5, 0.6) is 0 Å². The number of carbonyl (C=O) groups is 1. The second-order valence-electron chi connectivity index (χ2n) is 9.07. The molecule has 0 radical (unpaired) electrons. The van der Waals surface area contributed by atoms with Crippen molar-refractivity contribution in [1.29, 1.82) is 0 Å². The second kappa shape index (κ2) is 8.20. The third kappa shape index (κ3) is 3.59. The second-order valence-corrected chi connectivity index (χ2v) is 9.07. The van der Waals surface area contributed by atoms with E-state index < -0.39 is 6.04 Å². The third-order valence-corrected chi connectivity index (χ3v) is 7.27. The zero-order valence-corrected chi connectivity index (χ0v) is 17.4. The van der Waals surface area contributed by atoms with Crippen LogP contribution in [0.2, 0.25) is 0 Å². The Bertz CT molecular complexity index is 1050. The summed E-state index contributed by atoms with van der Waals surface area (Å²) in [6.07, 6.45) is 5.52. The van der Waals surface area contributed by atoms with Gasteiger partial charge in [0.2, 0.25) is 5.91 Å². The van der Waals surface area contributed by atoms with E-state index in [1.165, 1.54) is 18.6 Å². The predicted octanol–water partition coefficient (Wildman–Crippen LogP) is 2.35. The summed E-state index contributed by atoms with van der Waals surface area (Å²) in [6.45, 7) is 0.323. The normalized spacial score (nSPS) is 27.7. The average Bonchev–Trinajstić information content (AvgIpc) is 3.31. The van der Waals surface area contributed by atoms with Crippen LogP contribution in [0.25, 0.3) is 11.1 Å². The smallest absolute Gasteiger partial charge is 0.258 e. The van der Waals surface area contributed by atoms with Crippen molar-refractivity contribution in [2.24, 2.45) is 11.8 Å². The molecule has 7 heteroatoms. The van der Waals surface area contributed by atoms with Crippen LogP contribution in [0.1, 0.15) is 43.8 Å². The molecule has 0 bridgehead atoms. The molecule has 5 rings (SSSR count). The minimum absolute atomic E-state index is 0.0393. The number of nitrogens with zero attached hydrogens (tertiary/aromatic N) is 1. The number of benzene rings is 1. The van der Waals surface area contributed by atoms with Gasteiger partial charge >= 0.3 is 0 Å². The first-order valence-corrected chi connectivity index (χ1v) is 11.2. The molecule has 164 valence electrons.